The molecule has 0 aliphatic carbocycles. The van der Waals surface area contributed by atoms with E-state index in [2.05, 4.69) is 15.0 Å². The van der Waals surface area contributed by atoms with Crippen LogP contribution in [0, 0.1) is 0 Å². The first kappa shape index (κ1) is 16.3. The van der Waals surface area contributed by atoms with Gasteiger partial charge >= 0.3 is 6.36 Å². The van der Waals surface area contributed by atoms with Crippen molar-refractivity contribution in [3.8, 4) is 0 Å². The van der Waals surface area contributed by atoms with E-state index in [-0.39, 0.29) is 18.7 Å². The maximum atomic E-state index is 12.1. The largest absolute Gasteiger partial charge is 0.522 e. The van der Waals surface area contributed by atoms with Crippen molar-refractivity contribution in [3.63, 3.8) is 0 Å². The zero-order valence-electron chi connectivity index (χ0n) is 12.1. The van der Waals surface area contributed by atoms with E-state index in [1.165, 1.54) is 5.56 Å². The van der Waals surface area contributed by atoms with E-state index < -0.39 is 6.36 Å². The molecule has 1 aliphatic heterocycles. The molecule has 0 spiro atoms. The number of nitrogens with one attached hydrogen (secondary N) is 1. The minimum absolute atomic E-state index is 0.195. The average Bonchev–Trinajstić information content (AvgIpc) is 2.41. The molecule has 2 rings (SSSR count). The molecule has 0 amide bonds. The van der Waals surface area contributed by atoms with Crippen LogP contribution in [0.3, 0.4) is 0 Å². The van der Waals surface area contributed by atoms with E-state index in [1.807, 2.05) is 37.3 Å². The molecular weight excluding hydrogens is 281 g/mol. The van der Waals surface area contributed by atoms with Crippen LogP contribution in [-0.4, -0.2) is 49.6 Å². The topological polar surface area (TPSA) is 24.5 Å². The Bertz CT molecular complexity index is 425. The molecule has 1 aliphatic rings. The maximum Gasteiger partial charge on any atom is 0.522 e. The van der Waals surface area contributed by atoms with Gasteiger partial charge in [0.25, 0.3) is 0 Å². The van der Waals surface area contributed by atoms with Gasteiger partial charge in [0, 0.05) is 31.7 Å². The number of benzene rings is 1. The van der Waals surface area contributed by atoms with Crippen LogP contribution < -0.4 is 5.32 Å². The Morgan fingerprint density at radius 1 is 1.29 bits per heavy atom. The first-order valence-corrected chi connectivity index (χ1v) is 7.16. The molecule has 6 heteroatoms. The third-order valence-electron chi connectivity index (χ3n) is 3.69. The summed E-state index contributed by atoms with van der Waals surface area (Å²) in [5.41, 5.74) is 1.19. The fourth-order valence-electron chi connectivity index (χ4n) is 2.67. The second-order valence-corrected chi connectivity index (χ2v) is 5.44. The van der Waals surface area contributed by atoms with Gasteiger partial charge in [-0.2, -0.15) is 0 Å². The number of nitrogens with zero attached hydrogens (tertiary/aromatic N) is 1. The molecule has 1 heterocycles. The van der Waals surface area contributed by atoms with E-state index in [0.717, 1.165) is 19.5 Å². The van der Waals surface area contributed by atoms with Gasteiger partial charge in [-0.3, -0.25) is 9.64 Å². The molecule has 0 saturated carbocycles. The van der Waals surface area contributed by atoms with Gasteiger partial charge in [0.15, 0.2) is 0 Å². The number of halogens is 3. The summed E-state index contributed by atoms with van der Waals surface area (Å²) in [6, 6.07) is 10.5. The smallest absolute Gasteiger partial charge is 0.311 e. The van der Waals surface area contributed by atoms with Gasteiger partial charge in [0.05, 0.1) is 6.61 Å². The fraction of sp³-hybridized carbons (Fsp3) is 0.600. The van der Waals surface area contributed by atoms with Crippen molar-refractivity contribution in [2.45, 2.75) is 31.8 Å². The molecule has 2 atom stereocenters. The normalized spacial score (nSPS) is 24.2. The number of rotatable bonds is 5. The van der Waals surface area contributed by atoms with Crippen LogP contribution in [0.4, 0.5) is 13.2 Å². The van der Waals surface area contributed by atoms with Gasteiger partial charge in [0.2, 0.25) is 0 Å². The Kier molecular flexibility index (Phi) is 5.61. The van der Waals surface area contributed by atoms with Gasteiger partial charge in [-0.05, 0) is 18.9 Å². The van der Waals surface area contributed by atoms with Crippen molar-refractivity contribution in [2.75, 3.05) is 26.2 Å². The van der Waals surface area contributed by atoms with Gasteiger partial charge in [0.1, 0.15) is 0 Å². The molecule has 0 aromatic heterocycles. The lowest BCUT2D eigenvalue weighted by molar-refractivity contribution is -0.325. The molecule has 2 unspecified atom stereocenters. The van der Waals surface area contributed by atoms with Crippen LogP contribution >= 0.6 is 0 Å². The van der Waals surface area contributed by atoms with Crippen LogP contribution in [-0.2, 0) is 11.2 Å². The SMILES string of the molecule is CC1CN(CCOC(F)(F)F)C(Cc2ccccc2)CN1. The number of hydrogen-bond acceptors (Lipinski definition) is 3. The van der Waals surface area contributed by atoms with Crippen LogP contribution in [0.1, 0.15) is 12.5 Å². The standard InChI is InChI=1S/C15H21F3N2O/c1-12-11-20(7-8-21-15(16,17)18)14(10-19-12)9-13-5-3-2-4-6-13/h2-6,12,14,19H,7-11H2,1H3. The number of piperazine rings is 1. The van der Waals surface area contributed by atoms with Crippen molar-refractivity contribution in [1.82, 2.24) is 10.2 Å². The van der Waals surface area contributed by atoms with Crippen LogP contribution in [0.25, 0.3) is 0 Å². The molecule has 1 aromatic rings. The zero-order valence-corrected chi connectivity index (χ0v) is 12.1. The van der Waals surface area contributed by atoms with Crippen molar-refractivity contribution >= 4 is 0 Å². The second-order valence-electron chi connectivity index (χ2n) is 5.44. The van der Waals surface area contributed by atoms with Crippen molar-refractivity contribution in [1.29, 1.82) is 0 Å². The quantitative estimate of drug-likeness (QED) is 0.904. The summed E-state index contributed by atoms with van der Waals surface area (Å²) < 4.78 is 40.1. The molecule has 1 saturated heterocycles. The molecule has 0 radical (unpaired) electrons. The van der Waals surface area contributed by atoms with E-state index in [4.69, 9.17) is 0 Å². The highest BCUT2D eigenvalue weighted by Crippen LogP contribution is 2.17. The molecule has 1 N–H and O–H groups in total. The Labute approximate surface area is 123 Å². The molecule has 118 valence electrons. The zero-order chi connectivity index (χ0) is 15.3. The molecule has 21 heavy (non-hydrogen) atoms. The lowest BCUT2D eigenvalue weighted by atomic mass is 10.0. The first-order chi connectivity index (χ1) is 9.94. The summed E-state index contributed by atoms with van der Waals surface area (Å²) in [7, 11) is 0. The summed E-state index contributed by atoms with van der Waals surface area (Å²) in [6.07, 6.45) is -3.72. The third kappa shape index (κ3) is 5.65. The number of hydrogen-bond donors (Lipinski definition) is 1. The van der Waals surface area contributed by atoms with Gasteiger partial charge in [-0.1, -0.05) is 30.3 Å². The van der Waals surface area contributed by atoms with Gasteiger partial charge in [-0.25, -0.2) is 0 Å². The summed E-state index contributed by atoms with van der Waals surface area (Å²) >= 11 is 0. The lowest BCUT2D eigenvalue weighted by Crippen LogP contribution is -2.57. The second kappa shape index (κ2) is 7.24. The van der Waals surface area contributed by atoms with E-state index in [9.17, 15) is 13.2 Å². The maximum absolute atomic E-state index is 12.1. The molecule has 0 bridgehead atoms. The molecular formula is C15H21F3N2O. The number of alkyl halides is 3. The first-order valence-electron chi connectivity index (χ1n) is 7.16. The van der Waals surface area contributed by atoms with Gasteiger partial charge < -0.3 is 5.32 Å². The predicted octanol–water partition coefficient (Wildman–Crippen LogP) is 2.43. The molecule has 1 fully saturated rings. The monoisotopic (exact) mass is 302 g/mol. The highest BCUT2D eigenvalue weighted by atomic mass is 19.4. The summed E-state index contributed by atoms with van der Waals surface area (Å²) in [4.78, 5) is 2.08. The molecule has 3 nitrogen and oxygen atoms in total. The Morgan fingerprint density at radius 2 is 2.00 bits per heavy atom. The van der Waals surface area contributed by atoms with Crippen molar-refractivity contribution < 1.29 is 17.9 Å². The van der Waals surface area contributed by atoms with E-state index in [0.29, 0.717) is 6.54 Å². The average molecular weight is 302 g/mol. The highest BCUT2D eigenvalue weighted by molar-refractivity contribution is 5.16. The van der Waals surface area contributed by atoms with Gasteiger partial charge in [-0.15, -0.1) is 13.2 Å². The third-order valence-corrected chi connectivity index (χ3v) is 3.69. The summed E-state index contributed by atoms with van der Waals surface area (Å²) in [5.74, 6) is 0. The summed E-state index contributed by atoms with van der Waals surface area (Å²) in [5, 5.41) is 3.38. The predicted molar refractivity (Wildman–Crippen MR) is 75.0 cm³/mol. The van der Waals surface area contributed by atoms with Crippen LogP contribution in [0.5, 0.6) is 0 Å². The van der Waals surface area contributed by atoms with Crippen LogP contribution in [0.2, 0.25) is 0 Å². The summed E-state index contributed by atoms with van der Waals surface area (Å²) in [6.45, 7) is 3.53. The Morgan fingerprint density at radius 3 is 2.67 bits per heavy atom. The van der Waals surface area contributed by atoms with E-state index in [1.54, 1.807) is 0 Å². The van der Waals surface area contributed by atoms with Crippen molar-refractivity contribution in [3.05, 3.63) is 35.9 Å². The van der Waals surface area contributed by atoms with Crippen molar-refractivity contribution in [2.24, 2.45) is 0 Å². The highest BCUT2D eigenvalue weighted by Gasteiger charge is 2.31. The van der Waals surface area contributed by atoms with Crippen LogP contribution in [0.15, 0.2) is 30.3 Å². The Hall–Kier alpha value is -1.11. The Balaban J connectivity index is 1.90. The van der Waals surface area contributed by atoms with E-state index >= 15 is 0 Å². The fourth-order valence-corrected chi connectivity index (χ4v) is 2.67. The lowest BCUT2D eigenvalue weighted by Gasteiger charge is -2.39. The minimum atomic E-state index is -4.55. The molecule has 1 aromatic carbocycles. The minimum Gasteiger partial charge on any atom is -0.311 e. The number of ether oxygens (including phenoxy) is 1.